The fourth-order valence-corrected chi connectivity index (χ4v) is 6.69. The molecule has 4 bridgehead atoms. The summed E-state index contributed by atoms with van der Waals surface area (Å²) in [5.74, 6) is 3.17. The molecule has 0 aromatic heterocycles. The lowest BCUT2D eigenvalue weighted by atomic mass is 9.52. The van der Waals surface area contributed by atoms with Gasteiger partial charge in [0, 0.05) is 5.54 Å². The van der Waals surface area contributed by atoms with E-state index in [1.165, 1.54) is 44.9 Å². The molecule has 5 aliphatic carbocycles. The van der Waals surface area contributed by atoms with E-state index in [1.807, 2.05) is 0 Å². The van der Waals surface area contributed by atoms with Crippen LogP contribution in [-0.4, -0.2) is 28.9 Å². The molecule has 1 heterocycles. The lowest BCUT2D eigenvalue weighted by molar-refractivity contribution is -0.0736. The first-order valence-corrected chi connectivity index (χ1v) is 8.64. The minimum atomic E-state index is 0.551. The first kappa shape index (κ1) is 11.2. The highest BCUT2D eigenvalue weighted by atomic mass is 15.3. The molecule has 6 rings (SSSR count). The van der Waals surface area contributed by atoms with Crippen molar-refractivity contribution in [2.75, 3.05) is 0 Å². The summed E-state index contributed by atoms with van der Waals surface area (Å²) < 4.78 is 0. The van der Waals surface area contributed by atoms with Crippen molar-refractivity contribution >= 4 is 6.34 Å². The highest BCUT2D eigenvalue weighted by Crippen LogP contribution is 2.58. The summed E-state index contributed by atoms with van der Waals surface area (Å²) in [5.41, 5.74) is 0.551. The molecule has 19 heavy (non-hydrogen) atoms. The van der Waals surface area contributed by atoms with Gasteiger partial charge >= 0.3 is 0 Å². The van der Waals surface area contributed by atoms with Crippen LogP contribution >= 0.6 is 0 Å². The molecule has 6 aliphatic rings. The van der Waals surface area contributed by atoms with Gasteiger partial charge in [-0.2, -0.15) is 0 Å². The normalized spacial score (nSPS) is 54.7. The third-order valence-corrected chi connectivity index (χ3v) is 6.99. The molecule has 0 aromatic carbocycles. The summed E-state index contributed by atoms with van der Waals surface area (Å²) in [6, 6.07) is 1.44. The zero-order chi connectivity index (χ0) is 12.4. The van der Waals surface area contributed by atoms with Gasteiger partial charge in [0.25, 0.3) is 0 Å². The first-order valence-electron chi connectivity index (χ1n) is 8.64. The van der Waals surface area contributed by atoms with E-state index in [0.29, 0.717) is 11.6 Å². The Morgan fingerprint density at radius 1 is 0.895 bits per heavy atom. The van der Waals surface area contributed by atoms with Gasteiger partial charge in [-0.3, -0.25) is 4.99 Å². The Morgan fingerprint density at radius 2 is 1.53 bits per heavy atom. The van der Waals surface area contributed by atoms with E-state index >= 15 is 0 Å². The summed E-state index contributed by atoms with van der Waals surface area (Å²) in [6.45, 7) is 0. The van der Waals surface area contributed by atoms with Crippen molar-refractivity contribution in [1.29, 1.82) is 0 Å². The van der Waals surface area contributed by atoms with Crippen molar-refractivity contribution in [1.82, 2.24) is 4.90 Å². The fourth-order valence-electron chi connectivity index (χ4n) is 6.69. The highest BCUT2D eigenvalue weighted by Gasteiger charge is 2.55. The molecule has 0 aromatic rings. The number of hydrogen-bond donors (Lipinski definition) is 0. The van der Waals surface area contributed by atoms with E-state index < -0.39 is 0 Å². The Kier molecular flexibility index (Phi) is 2.21. The van der Waals surface area contributed by atoms with Crippen LogP contribution in [0.3, 0.4) is 0 Å². The van der Waals surface area contributed by atoms with Crippen LogP contribution in [0.25, 0.3) is 0 Å². The standard InChI is InChI=1S/C17H26N2/c1-2-4-16-15(3-1)18-11-19(16)17-8-12-5-13(9-17)7-14(6-12)10-17/h11-16H,1-10H2. The van der Waals surface area contributed by atoms with E-state index in [0.717, 1.165) is 23.8 Å². The summed E-state index contributed by atoms with van der Waals surface area (Å²) in [6.07, 6.45) is 17.1. The molecule has 1 aliphatic heterocycles. The van der Waals surface area contributed by atoms with E-state index in [9.17, 15) is 0 Å². The van der Waals surface area contributed by atoms with Crippen LogP contribution in [0.4, 0.5) is 0 Å². The minimum absolute atomic E-state index is 0.551. The minimum Gasteiger partial charge on any atom is -0.352 e. The van der Waals surface area contributed by atoms with Gasteiger partial charge in [0.1, 0.15) is 0 Å². The molecule has 0 saturated heterocycles. The summed E-state index contributed by atoms with van der Waals surface area (Å²) in [4.78, 5) is 7.70. The van der Waals surface area contributed by atoms with Gasteiger partial charge in [0.2, 0.25) is 0 Å². The Morgan fingerprint density at radius 3 is 2.21 bits per heavy atom. The molecule has 2 unspecified atom stereocenters. The zero-order valence-electron chi connectivity index (χ0n) is 11.9. The zero-order valence-corrected chi connectivity index (χ0v) is 11.9. The summed E-state index contributed by atoms with van der Waals surface area (Å²) in [5, 5.41) is 0. The van der Waals surface area contributed by atoms with Gasteiger partial charge in [-0.1, -0.05) is 12.8 Å². The lowest BCUT2D eigenvalue weighted by Gasteiger charge is -2.61. The van der Waals surface area contributed by atoms with Crippen molar-refractivity contribution in [3.63, 3.8) is 0 Å². The monoisotopic (exact) mass is 258 g/mol. The number of fused-ring (bicyclic) bond motifs is 1. The van der Waals surface area contributed by atoms with Crippen LogP contribution in [0.1, 0.15) is 64.2 Å². The molecule has 0 amide bonds. The highest BCUT2D eigenvalue weighted by molar-refractivity contribution is 5.61. The largest absolute Gasteiger partial charge is 0.352 e. The maximum absolute atomic E-state index is 4.90. The van der Waals surface area contributed by atoms with Crippen molar-refractivity contribution < 1.29 is 0 Å². The smallest absolute Gasteiger partial charge is 0.0862 e. The van der Waals surface area contributed by atoms with Crippen molar-refractivity contribution in [3.05, 3.63) is 0 Å². The lowest BCUT2D eigenvalue weighted by Crippen LogP contribution is -2.62. The van der Waals surface area contributed by atoms with Gasteiger partial charge in [0.05, 0.1) is 18.4 Å². The topological polar surface area (TPSA) is 15.6 Å². The molecule has 5 fully saturated rings. The fraction of sp³-hybridized carbons (Fsp3) is 0.941. The van der Waals surface area contributed by atoms with Crippen molar-refractivity contribution in [2.45, 2.75) is 81.8 Å². The number of rotatable bonds is 1. The van der Waals surface area contributed by atoms with Gasteiger partial charge in [-0.05, 0) is 69.1 Å². The van der Waals surface area contributed by atoms with Gasteiger partial charge in [-0.15, -0.1) is 0 Å². The van der Waals surface area contributed by atoms with Crippen LogP contribution in [0, 0.1) is 17.8 Å². The molecule has 2 nitrogen and oxygen atoms in total. The third-order valence-electron chi connectivity index (χ3n) is 6.99. The summed E-state index contributed by atoms with van der Waals surface area (Å²) in [7, 11) is 0. The van der Waals surface area contributed by atoms with E-state index in [1.54, 1.807) is 19.3 Å². The predicted octanol–water partition coefficient (Wildman–Crippen LogP) is 3.61. The van der Waals surface area contributed by atoms with Crippen LogP contribution in [-0.2, 0) is 0 Å². The maximum Gasteiger partial charge on any atom is 0.0862 e. The summed E-state index contributed by atoms with van der Waals surface area (Å²) >= 11 is 0. The molecule has 0 spiro atoms. The average Bonchev–Trinajstić information content (AvgIpc) is 2.81. The second-order valence-corrected chi connectivity index (χ2v) is 8.23. The van der Waals surface area contributed by atoms with Gasteiger partial charge in [-0.25, -0.2) is 0 Å². The SMILES string of the molecule is C1=NC2CCCCC2N1C12CC3CC(CC(C3)C1)C2. The van der Waals surface area contributed by atoms with Gasteiger partial charge in [0.15, 0.2) is 0 Å². The Balaban J connectivity index is 1.47. The Hall–Kier alpha value is -0.530. The van der Waals surface area contributed by atoms with Crippen LogP contribution < -0.4 is 0 Å². The van der Waals surface area contributed by atoms with Crippen LogP contribution in [0.5, 0.6) is 0 Å². The molecule has 2 atom stereocenters. The van der Waals surface area contributed by atoms with Crippen molar-refractivity contribution in [3.8, 4) is 0 Å². The number of aliphatic imine (C=N–C) groups is 1. The third kappa shape index (κ3) is 1.52. The van der Waals surface area contributed by atoms with Gasteiger partial charge < -0.3 is 4.90 Å². The van der Waals surface area contributed by atoms with E-state index in [2.05, 4.69) is 11.2 Å². The predicted molar refractivity (Wildman–Crippen MR) is 77.3 cm³/mol. The van der Waals surface area contributed by atoms with Crippen LogP contribution in [0.15, 0.2) is 4.99 Å². The second-order valence-electron chi connectivity index (χ2n) is 8.23. The molecule has 104 valence electrons. The van der Waals surface area contributed by atoms with Crippen molar-refractivity contribution in [2.24, 2.45) is 22.7 Å². The Labute approximate surface area is 116 Å². The quantitative estimate of drug-likeness (QED) is 0.701. The molecule has 2 heteroatoms. The number of nitrogens with zero attached hydrogens (tertiary/aromatic N) is 2. The molecule has 5 saturated carbocycles. The van der Waals surface area contributed by atoms with E-state index in [4.69, 9.17) is 4.99 Å². The average molecular weight is 258 g/mol. The second kappa shape index (κ2) is 3.77. The molecule has 0 N–H and O–H groups in total. The maximum atomic E-state index is 4.90. The first-order chi connectivity index (χ1) is 9.32. The number of hydrogen-bond acceptors (Lipinski definition) is 2. The molecular formula is C17H26N2. The molecule has 0 radical (unpaired) electrons. The van der Waals surface area contributed by atoms with E-state index in [-0.39, 0.29) is 0 Å². The molecular weight excluding hydrogens is 232 g/mol. The van der Waals surface area contributed by atoms with Crippen LogP contribution in [0.2, 0.25) is 0 Å². The Bertz CT molecular complexity index is 378.